The van der Waals surface area contributed by atoms with E-state index in [2.05, 4.69) is 5.32 Å². The average molecular weight is 298 g/mol. The van der Waals surface area contributed by atoms with Crippen molar-refractivity contribution in [1.29, 1.82) is 0 Å². The molecule has 0 radical (unpaired) electrons. The number of nitrogens with one attached hydrogen (secondary N) is 1. The molecule has 1 fully saturated rings. The molecule has 0 saturated carbocycles. The van der Waals surface area contributed by atoms with Crippen molar-refractivity contribution in [3.63, 3.8) is 0 Å². The summed E-state index contributed by atoms with van der Waals surface area (Å²) in [6.07, 6.45) is -3.73. The Morgan fingerprint density at radius 3 is 2.47 bits per heavy atom. The van der Waals surface area contributed by atoms with Crippen molar-refractivity contribution in [2.45, 2.75) is 25.4 Å². The van der Waals surface area contributed by atoms with E-state index in [1.54, 1.807) is 0 Å². The van der Waals surface area contributed by atoms with E-state index in [9.17, 15) is 17.6 Å². The van der Waals surface area contributed by atoms with Gasteiger partial charge in [-0.2, -0.15) is 13.2 Å². The Kier molecular flexibility index (Phi) is 5.21. The molecular weight excluding hydrogens is 282 g/mol. The van der Waals surface area contributed by atoms with E-state index in [0.29, 0.717) is 11.6 Å². The van der Waals surface area contributed by atoms with E-state index < -0.39 is 17.6 Å². The van der Waals surface area contributed by atoms with Gasteiger partial charge in [0.1, 0.15) is 5.82 Å². The first-order valence-corrected chi connectivity index (χ1v) is 5.97. The van der Waals surface area contributed by atoms with Gasteiger partial charge in [-0.3, -0.25) is 0 Å². The quantitative estimate of drug-likeness (QED) is 0.773. The van der Waals surface area contributed by atoms with Crippen LogP contribution in [-0.4, -0.2) is 13.1 Å². The van der Waals surface area contributed by atoms with Crippen LogP contribution in [0, 0.1) is 11.7 Å². The molecular formula is C13H16ClF4N. The van der Waals surface area contributed by atoms with Gasteiger partial charge in [-0.1, -0.05) is 13.0 Å². The number of benzene rings is 1. The van der Waals surface area contributed by atoms with E-state index >= 15 is 0 Å². The lowest BCUT2D eigenvalue weighted by Crippen LogP contribution is -2.34. The van der Waals surface area contributed by atoms with Gasteiger partial charge in [-0.15, -0.1) is 12.4 Å². The molecule has 0 aliphatic carbocycles. The molecule has 2 rings (SSSR count). The minimum absolute atomic E-state index is 0. The second kappa shape index (κ2) is 6.09. The standard InChI is InChI=1S/C13H15F4N.ClH/c1-8-7-18-5-4-10(8)11-3-2-9(6-12(11)14)13(15,16)17;/h2-3,6,8,10,18H,4-5,7H2,1H3;1H/t8-,10+;/m1./s1. The maximum absolute atomic E-state index is 13.8. The SMILES string of the molecule is C[C@@H]1CNCC[C@@H]1c1ccc(C(F)(F)F)cc1F.Cl. The van der Waals surface area contributed by atoms with Gasteiger partial charge >= 0.3 is 6.18 Å². The van der Waals surface area contributed by atoms with Crippen LogP contribution in [0.15, 0.2) is 18.2 Å². The molecule has 2 atom stereocenters. The van der Waals surface area contributed by atoms with Crippen molar-refractivity contribution in [1.82, 2.24) is 5.32 Å². The third kappa shape index (κ3) is 3.60. The number of alkyl halides is 3. The van der Waals surface area contributed by atoms with Gasteiger partial charge in [0.25, 0.3) is 0 Å². The summed E-state index contributed by atoms with van der Waals surface area (Å²) in [4.78, 5) is 0. The molecule has 0 aromatic heterocycles. The smallest absolute Gasteiger partial charge is 0.316 e. The molecule has 1 N–H and O–H groups in total. The average Bonchev–Trinajstić information content (AvgIpc) is 2.29. The van der Waals surface area contributed by atoms with Crippen LogP contribution in [0.5, 0.6) is 0 Å². The van der Waals surface area contributed by atoms with Crippen molar-refractivity contribution >= 4 is 12.4 Å². The number of rotatable bonds is 1. The number of hydrogen-bond acceptors (Lipinski definition) is 1. The van der Waals surface area contributed by atoms with Gasteiger partial charge < -0.3 is 5.32 Å². The minimum atomic E-state index is -4.49. The van der Waals surface area contributed by atoms with Crippen molar-refractivity contribution in [3.8, 4) is 0 Å². The molecule has 0 unspecified atom stereocenters. The second-order valence-electron chi connectivity index (χ2n) is 4.81. The molecule has 19 heavy (non-hydrogen) atoms. The Hall–Kier alpha value is -0.810. The topological polar surface area (TPSA) is 12.0 Å². The Labute approximate surface area is 115 Å². The maximum atomic E-state index is 13.8. The highest BCUT2D eigenvalue weighted by molar-refractivity contribution is 5.85. The Morgan fingerprint density at radius 2 is 1.95 bits per heavy atom. The predicted octanol–water partition coefficient (Wildman–Crippen LogP) is 3.98. The highest BCUT2D eigenvalue weighted by atomic mass is 35.5. The molecule has 1 aromatic carbocycles. The summed E-state index contributed by atoms with van der Waals surface area (Å²) in [5.41, 5.74) is -0.526. The lowest BCUT2D eigenvalue weighted by molar-refractivity contribution is -0.137. The molecule has 1 aliphatic rings. The predicted molar refractivity (Wildman–Crippen MR) is 68.0 cm³/mol. The third-order valence-corrected chi connectivity index (χ3v) is 3.51. The van der Waals surface area contributed by atoms with Crippen molar-refractivity contribution in [2.24, 2.45) is 5.92 Å². The van der Waals surface area contributed by atoms with Crippen LogP contribution >= 0.6 is 12.4 Å². The van der Waals surface area contributed by atoms with Crippen molar-refractivity contribution < 1.29 is 17.6 Å². The summed E-state index contributed by atoms with van der Waals surface area (Å²) in [7, 11) is 0. The fraction of sp³-hybridized carbons (Fsp3) is 0.538. The molecule has 1 heterocycles. The van der Waals surface area contributed by atoms with E-state index in [0.717, 1.165) is 25.6 Å². The van der Waals surface area contributed by atoms with Crippen molar-refractivity contribution in [3.05, 3.63) is 35.1 Å². The molecule has 0 amide bonds. The van der Waals surface area contributed by atoms with E-state index in [1.807, 2.05) is 6.92 Å². The molecule has 1 aromatic rings. The van der Waals surface area contributed by atoms with Crippen LogP contribution in [0.25, 0.3) is 0 Å². The monoisotopic (exact) mass is 297 g/mol. The summed E-state index contributed by atoms with van der Waals surface area (Å²) in [6, 6.07) is 2.85. The van der Waals surface area contributed by atoms with Gasteiger partial charge in [0.2, 0.25) is 0 Å². The summed E-state index contributed by atoms with van der Waals surface area (Å²) in [6.45, 7) is 3.52. The first-order valence-electron chi connectivity index (χ1n) is 5.97. The van der Waals surface area contributed by atoms with E-state index in [1.165, 1.54) is 6.07 Å². The lowest BCUT2D eigenvalue weighted by atomic mass is 9.82. The normalized spacial score (nSPS) is 23.8. The molecule has 6 heteroatoms. The second-order valence-corrected chi connectivity index (χ2v) is 4.81. The zero-order chi connectivity index (χ0) is 13.3. The van der Waals surface area contributed by atoms with Gasteiger partial charge in [0.15, 0.2) is 0 Å². The van der Waals surface area contributed by atoms with Crippen LogP contribution < -0.4 is 5.32 Å². The largest absolute Gasteiger partial charge is 0.416 e. The fourth-order valence-corrected chi connectivity index (χ4v) is 2.48. The number of piperidine rings is 1. The van der Waals surface area contributed by atoms with Crippen LogP contribution in [0.2, 0.25) is 0 Å². The first kappa shape index (κ1) is 16.2. The number of hydrogen-bond donors (Lipinski definition) is 1. The van der Waals surface area contributed by atoms with Gasteiger partial charge in [-0.05, 0) is 49.0 Å². The fourth-order valence-electron chi connectivity index (χ4n) is 2.48. The Balaban J connectivity index is 0.00000180. The van der Waals surface area contributed by atoms with E-state index in [4.69, 9.17) is 0 Å². The van der Waals surface area contributed by atoms with Crippen LogP contribution in [0.3, 0.4) is 0 Å². The summed E-state index contributed by atoms with van der Waals surface area (Å²) in [5.74, 6) is -0.526. The Bertz CT molecular complexity index is 433. The van der Waals surface area contributed by atoms with Crippen molar-refractivity contribution in [2.75, 3.05) is 13.1 Å². The molecule has 0 bridgehead atoms. The molecule has 108 valence electrons. The summed E-state index contributed by atoms with van der Waals surface area (Å²) >= 11 is 0. The highest BCUT2D eigenvalue weighted by Gasteiger charge is 2.32. The van der Waals surface area contributed by atoms with Gasteiger partial charge in [0, 0.05) is 0 Å². The molecule has 1 nitrogen and oxygen atoms in total. The zero-order valence-electron chi connectivity index (χ0n) is 10.4. The molecule has 1 aliphatic heterocycles. The van der Waals surface area contributed by atoms with Gasteiger partial charge in [0.05, 0.1) is 5.56 Å². The Morgan fingerprint density at radius 1 is 1.26 bits per heavy atom. The minimum Gasteiger partial charge on any atom is -0.316 e. The zero-order valence-corrected chi connectivity index (χ0v) is 11.2. The first-order chi connectivity index (χ1) is 8.39. The third-order valence-electron chi connectivity index (χ3n) is 3.51. The van der Waals surface area contributed by atoms with E-state index in [-0.39, 0.29) is 24.2 Å². The summed E-state index contributed by atoms with van der Waals surface area (Å²) in [5, 5.41) is 3.19. The van der Waals surface area contributed by atoms with Crippen LogP contribution in [0.4, 0.5) is 17.6 Å². The highest BCUT2D eigenvalue weighted by Crippen LogP contribution is 2.35. The summed E-state index contributed by atoms with van der Waals surface area (Å²) < 4.78 is 51.1. The van der Waals surface area contributed by atoms with Crippen LogP contribution in [0.1, 0.15) is 30.4 Å². The maximum Gasteiger partial charge on any atom is 0.416 e. The van der Waals surface area contributed by atoms with Crippen LogP contribution in [-0.2, 0) is 6.18 Å². The lowest BCUT2D eigenvalue weighted by Gasteiger charge is -2.30. The molecule has 0 spiro atoms. The van der Waals surface area contributed by atoms with Gasteiger partial charge in [-0.25, -0.2) is 4.39 Å². The molecule has 1 saturated heterocycles. The number of halogens is 5.